The van der Waals surface area contributed by atoms with Gasteiger partial charge in [-0.3, -0.25) is 4.79 Å². The Balaban J connectivity index is 0.00000162. The van der Waals surface area contributed by atoms with Crippen LogP contribution >= 0.6 is 12.4 Å². The highest BCUT2D eigenvalue weighted by molar-refractivity contribution is 5.86. The van der Waals surface area contributed by atoms with Crippen LogP contribution in [0.4, 0.5) is 0 Å². The molecule has 1 amide bonds. The van der Waals surface area contributed by atoms with E-state index in [1.54, 1.807) is 0 Å². The molecule has 18 heavy (non-hydrogen) atoms. The van der Waals surface area contributed by atoms with Gasteiger partial charge in [-0.2, -0.15) is 0 Å². The second-order valence-electron chi connectivity index (χ2n) is 5.77. The zero-order chi connectivity index (χ0) is 12.3. The molecule has 1 saturated heterocycles. The Bertz CT molecular complexity index is 271. The van der Waals surface area contributed by atoms with Crippen molar-refractivity contribution in [2.75, 3.05) is 6.54 Å². The maximum atomic E-state index is 12.4. The normalized spacial score (nSPS) is 29.9. The molecule has 0 spiro atoms. The van der Waals surface area contributed by atoms with E-state index in [-0.39, 0.29) is 23.9 Å². The van der Waals surface area contributed by atoms with Gasteiger partial charge in [0.25, 0.3) is 0 Å². The van der Waals surface area contributed by atoms with Crippen LogP contribution in [0.1, 0.15) is 58.8 Å². The standard InChI is InChI=1S/C14H26N2O.ClH/c1-3-14(9-6-10-15-14)13(17)16-11(2)12-7-4-5-8-12;/h11-12,15H,3-10H2,1-2H3,(H,16,17);1H. The second kappa shape index (κ2) is 6.76. The smallest absolute Gasteiger partial charge is 0.240 e. The molecule has 1 heterocycles. The fourth-order valence-corrected chi connectivity index (χ4v) is 3.38. The first kappa shape index (κ1) is 15.8. The minimum Gasteiger partial charge on any atom is -0.352 e. The molecule has 4 heteroatoms. The van der Waals surface area contributed by atoms with Gasteiger partial charge in [-0.05, 0) is 51.5 Å². The van der Waals surface area contributed by atoms with Crippen molar-refractivity contribution in [3.8, 4) is 0 Å². The molecule has 2 atom stereocenters. The number of carbonyl (C=O) groups excluding carboxylic acids is 1. The maximum Gasteiger partial charge on any atom is 0.240 e. The Labute approximate surface area is 117 Å². The molecule has 1 saturated carbocycles. The van der Waals surface area contributed by atoms with Crippen LogP contribution in [0.2, 0.25) is 0 Å². The first-order valence-electron chi connectivity index (χ1n) is 7.24. The lowest BCUT2D eigenvalue weighted by Gasteiger charge is -2.30. The number of halogens is 1. The van der Waals surface area contributed by atoms with E-state index >= 15 is 0 Å². The van der Waals surface area contributed by atoms with Crippen molar-refractivity contribution >= 4 is 18.3 Å². The van der Waals surface area contributed by atoms with E-state index in [1.807, 2.05) is 0 Å². The van der Waals surface area contributed by atoms with Crippen molar-refractivity contribution in [1.82, 2.24) is 10.6 Å². The first-order chi connectivity index (χ1) is 8.18. The van der Waals surface area contributed by atoms with Crippen LogP contribution in [0.25, 0.3) is 0 Å². The Morgan fingerprint density at radius 2 is 2.06 bits per heavy atom. The summed E-state index contributed by atoms with van der Waals surface area (Å²) in [5.41, 5.74) is -0.271. The van der Waals surface area contributed by atoms with Gasteiger partial charge in [-0.25, -0.2) is 0 Å². The van der Waals surface area contributed by atoms with Gasteiger partial charge >= 0.3 is 0 Å². The predicted molar refractivity (Wildman–Crippen MR) is 77.1 cm³/mol. The largest absolute Gasteiger partial charge is 0.352 e. The number of carbonyl (C=O) groups is 1. The molecule has 1 aliphatic carbocycles. The average Bonchev–Trinajstić information content (AvgIpc) is 3.01. The van der Waals surface area contributed by atoms with Crippen LogP contribution in [0.3, 0.4) is 0 Å². The summed E-state index contributed by atoms with van der Waals surface area (Å²) >= 11 is 0. The van der Waals surface area contributed by atoms with Gasteiger partial charge in [0.2, 0.25) is 5.91 Å². The van der Waals surface area contributed by atoms with Gasteiger partial charge in [0, 0.05) is 6.04 Å². The molecule has 2 fully saturated rings. The van der Waals surface area contributed by atoms with Crippen molar-refractivity contribution in [3.63, 3.8) is 0 Å². The lowest BCUT2D eigenvalue weighted by Crippen LogP contribution is -2.55. The highest BCUT2D eigenvalue weighted by atomic mass is 35.5. The van der Waals surface area contributed by atoms with Gasteiger partial charge in [0.05, 0.1) is 5.54 Å². The lowest BCUT2D eigenvalue weighted by molar-refractivity contribution is -0.128. The van der Waals surface area contributed by atoms with Gasteiger partial charge in [0.1, 0.15) is 0 Å². The zero-order valence-electron chi connectivity index (χ0n) is 11.6. The number of rotatable bonds is 4. The number of nitrogens with one attached hydrogen (secondary N) is 2. The Morgan fingerprint density at radius 3 is 2.56 bits per heavy atom. The zero-order valence-corrected chi connectivity index (χ0v) is 12.4. The highest BCUT2D eigenvalue weighted by Gasteiger charge is 2.40. The summed E-state index contributed by atoms with van der Waals surface area (Å²) in [6.45, 7) is 5.27. The SMILES string of the molecule is CCC1(C(=O)NC(C)C2CCCC2)CCCN1.Cl. The molecule has 2 rings (SSSR count). The van der Waals surface area contributed by atoms with E-state index in [0.29, 0.717) is 12.0 Å². The number of amides is 1. The summed E-state index contributed by atoms with van der Waals surface area (Å²) in [5.74, 6) is 0.936. The summed E-state index contributed by atoms with van der Waals surface area (Å²) in [6, 6.07) is 0.343. The van der Waals surface area contributed by atoms with Crippen molar-refractivity contribution in [3.05, 3.63) is 0 Å². The second-order valence-corrected chi connectivity index (χ2v) is 5.77. The topological polar surface area (TPSA) is 41.1 Å². The van der Waals surface area contributed by atoms with Gasteiger partial charge in [-0.1, -0.05) is 19.8 Å². The van der Waals surface area contributed by atoms with E-state index in [0.717, 1.165) is 25.8 Å². The summed E-state index contributed by atoms with van der Waals surface area (Å²) in [6.07, 6.45) is 8.26. The van der Waals surface area contributed by atoms with Crippen LogP contribution in [-0.4, -0.2) is 24.0 Å². The van der Waals surface area contributed by atoms with E-state index in [2.05, 4.69) is 24.5 Å². The molecule has 1 aliphatic heterocycles. The summed E-state index contributed by atoms with van der Waals surface area (Å²) in [5, 5.41) is 6.66. The van der Waals surface area contributed by atoms with Crippen molar-refractivity contribution in [1.29, 1.82) is 0 Å². The number of hydrogen-bond donors (Lipinski definition) is 2. The molecule has 106 valence electrons. The van der Waals surface area contributed by atoms with Crippen LogP contribution in [0, 0.1) is 5.92 Å². The third-order valence-electron chi connectivity index (χ3n) is 4.75. The van der Waals surface area contributed by atoms with Crippen molar-refractivity contribution in [2.45, 2.75) is 70.4 Å². The van der Waals surface area contributed by atoms with Gasteiger partial charge < -0.3 is 10.6 Å². The molecule has 3 nitrogen and oxygen atoms in total. The minimum absolute atomic E-state index is 0. The van der Waals surface area contributed by atoms with Gasteiger partial charge in [-0.15, -0.1) is 12.4 Å². The Kier molecular flexibility index (Phi) is 5.93. The maximum absolute atomic E-state index is 12.4. The Hall–Kier alpha value is -0.280. The monoisotopic (exact) mass is 274 g/mol. The molecule has 2 unspecified atom stereocenters. The third-order valence-corrected chi connectivity index (χ3v) is 4.75. The van der Waals surface area contributed by atoms with Crippen LogP contribution in [0.15, 0.2) is 0 Å². The fraction of sp³-hybridized carbons (Fsp3) is 0.929. The van der Waals surface area contributed by atoms with Crippen LogP contribution in [-0.2, 0) is 4.79 Å². The van der Waals surface area contributed by atoms with Crippen LogP contribution in [0.5, 0.6) is 0 Å². The quantitative estimate of drug-likeness (QED) is 0.828. The van der Waals surface area contributed by atoms with Crippen molar-refractivity contribution in [2.24, 2.45) is 5.92 Å². The van der Waals surface area contributed by atoms with Gasteiger partial charge in [0.15, 0.2) is 0 Å². The average molecular weight is 275 g/mol. The molecule has 0 bridgehead atoms. The van der Waals surface area contributed by atoms with E-state index < -0.39 is 0 Å². The minimum atomic E-state index is -0.271. The molecule has 2 N–H and O–H groups in total. The van der Waals surface area contributed by atoms with Crippen LogP contribution < -0.4 is 10.6 Å². The molecule has 0 aromatic heterocycles. The molecular formula is C14H27ClN2O. The Morgan fingerprint density at radius 1 is 1.39 bits per heavy atom. The fourth-order valence-electron chi connectivity index (χ4n) is 3.38. The summed E-state index contributed by atoms with van der Waals surface area (Å²) in [4.78, 5) is 12.4. The molecule has 0 aromatic carbocycles. The van der Waals surface area contributed by atoms with E-state index in [4.69, 9.17) is 0 Å². The highest BCUT2D eigenvalue weighted by Crippen LogP contribution is 2.29. The van der Waals surface area contributed by atoms with Crippen molar-refractivity contribution < 1.29 is 4.79 Å². The van der Waals surface area contributed by atoms with E-state index in [1.165, 1.54) is 25.7 Å². The molecule has 0 radical (unpaired) electrons. The predicted octanol–water partition coefficient (Wildman–Crippen LogP) is 2.64. The summed E-state index contributed by atoms with van der Waals surface area (Å²) in [7, 11) is 0. The number of hydrogen-bond acceptors (Lipinski definition) is 2. The molecule has 0 aromatic rings. The first-order valence-corrected chi connectivity index (χ1v) is 7.24. The molecular weight excluding hydrogens is 248 g/mol. The third kappa shape index (κ3) is 3.18. The lowest BCUT2D eigenvalue weighted by atomic mass is 9.91. The molecule has 2 aliphatic rings. The van der Waals surface area contributed by atoms with E-state index in [9.17, 15) is 4.79 Å². The summed E-state index contributed by atoms with van der Waals surface area (Å²) < 4.78 is 0.